The van der Waals surface area contributed by atoms with Crippen LogP contribution in [0.2, 0.25) is 0 Å². The largest absolute Gasteiger partial charge is 0.388 e. The smallest absolute Gasteiger partial charge is 0.131 e. The minimum atomic E-state index is -0.514. The average Bonchev–Trinajstić information content (AvgIpc) is 2.34. The molecule has 0 heterocycles. The fraction of sp³-hybridized carbons (Fsp3) is 0.333. The van der Waals surface area contributed by atoms with Crippen LogP contribution in [-0.4, -0.2) is 5.11 Å². The van der Waals surface area contributed by atoms with E-state index in [9.17, 15) is 9.50 Å². The zero-order valence-corrected chi connectivity index (χ0v) is 9.78. The maximum atomic E-state index is 14.0. The minimum Gasteiger partial charge on any atom is -0.388 e. The second-order valence-corrected chi connectivity index (χ2v) is 4.90. The summed E-state index contributed by atoms with van der Waals surface area (Å²) >= 11 is 0. The van der Waals surface area contributed by atoms with E-state index in [1.807, 2.05) is 18.2 Å². The monoisotopic (exact) mass is 230 g/mol. The normalized spacial score (nSPS) is 23.7. The molecular weight excluding hydrogens is 215 g/mol. The SMILES string of the molecule is CC1CCC(O)c2cc(F)c3ccccc3c21. The molecule has 0 bridgehead atoms. The van der Waals surface area contributed by atoms with Crippen LogP contribution in [0.4, 0.5) is 4.39 Å². The van der Waals surface area contributed by atoms with Crippen LogP contribution >= 0.6 is 0 Å². The molecule has 0 aliphatic heterocycles. The van der Waals surface area contributed by atoms with Crippen molar-refractivity contribution in [2.75, 3.05) is 0 Å². The molecule has 2 heteroatoms. The van der Waals surface area contributed by atoms with Gasteiger partial charge in [-0.05, 0) is 41.3 Å². The molecule has 88 valence electrons. The van der Waals surface area contributed by atoms with Gasteiger partial charge >= 0.3 is 0 Å². The lowest BCUT2D eigenvalue weighted by atomic mass is 9.79. The van der Waals surface area contributed by atoms with E-state index >= 15 is 0 Å². The van der Waals surface area contributed by atoms with Crippen molar-refractivity contribution in [3.63, 3.8) is 0 Å². The standard InChI is InChI=1S/C15H15FO/c1-9-6-7-14(17)12-8-13(16)10-4-2-3-5-11(10)15(9)12/h2-5,8-9,14,17H,6-7H2,1H3. The van der Waals surface area contributed by atoms with E-state index in [1.165, 1.54) is 6.07 Å². The number of halogens is 1. The van der Waals surface area contributed by atoms with Crippen LogP contribution in [0.15, 0.2) is 30.3 Å². The molecule has 0 saturated carbocycles. The van der Waals surface area contributed by atoms with E-state index in [2.05, 4.69) is 6.92 Å². The number of aliphatic hydroxyl groups is 1. The van der Waals surface area contributed by atoms with Gasteiger partial charge < -0.3 is 5.11 Å². The van der Waals surface area contributed by atoms with Crippen LogP contribution in [0.25, 0.3) is 10.8 Å². The van der Waals surface area contributed by atoms with Gasteiger partial charge in [-0.3, -0.25) is 0 Å². The van der Waals surface area contributed by atoms with Crippen LogP contribution in [0.5, 0.6) is 0 Å². The van der Waals surface area contributed by atoms with Gasteiger partial charge in [-0.1, -0.05) is 31.2 Å². The number of rotatable bonds is 0. The Kier molecular flexibility index (Phi) is 2.40. The Morgan fingerprint density at radius 2 is 1.88 bits per heavy atom. The van der Waals surface area contributed by atoms with Crippen molar-refractivity contribution in [2.24, 2.45) is 0 Å². The van der Waals surface area contributed by atoms with Gasteiger partial charge in [-0.2, -0.15) is 0 Å². The third-order valence-electron chi connectivity index (χ3n) is 3.79. The first-order chi connectivity index (χ1) is 8.18. The average molecular weight is 230 g/mol. The summed E-state index contributed by atoms with van der Waals surface area (Å²) in [6.45, 7) is 2.15. The van der Waals surface area contributed by atoms with E-state index in [0.29, 0.717) is 11.3 Å². The quantitative estimate of drug-likeness (QED) is 0.727. The van der Waals surface area contributed by atoms with Gasteiger partial charge in [0.1, 0.15) is 5.82 Å². The first kappa shape index (κ1) is 10.7. The number of fused-ring (bicyclic) bond motifs is 3. The highest BCUT2D eigenvalue weighted by Gasteiger charge is 2.26. The molecule has 2 aromatic carbocycles. The highest BCUT2D eigenvalue weighted by molar-refractivity contribution is 5.88. The maximum Gasteiger partial charge on any atom is 0.131 e. The second-order valence-electron chi connectivity index (χ2n) is 4.90. The minimum absolute atomic E-state index is 0.229. The van der Waals surface area contributed by atoms with Crippen molar-refractivity contribution < 1.29 is 9.50 Å². The molecule has 1 nitrogen and oxygen atoms in total. The Labute approximate surface area is 99.9 Å². The van der Waals surface area contributed by atoms with E-state index < -0.39 is 6.10 Å². The molecule has 0 fully saturated rings. The van der Waals surface area contributed by atoms with Gasteiger partial charge in [-0.25, -0.2) is 4.39 Å². The van der Waals surface area contributed by atoms with Gasteiger partial charge in [0.25, 0.3) is 0 Å². The Balaban J connectivity index is 2.41. The zero-order valence-electron chi connectivity index (χ0n) is 9.78. The lowest BCUT2D eigenvalue weighted by Gasteiger charge is -2.28. The molecule has 2 unspecified atom stereocenters. The molecular formula is C15H15FO. The third-order valence-corrected chi connectivity index (χ3v) is 3.79. The molecule has 0 spiro atoms. The van der Waals surface area contributed by atoms with E-state index in [4.69, 9.17) is 0 Å². The summed E-state index contributed by atoms with van der Waals surface area (Å²) in [7, 11) is 0. The summed E-state index contributed by atoms with van der Waals surface area (Å²) in [5.74, 6) is 0.159. The van der Waals surface area contributed by atoms with Crippen molar-refractivity contribution >= 4 is 10.8 Å². The molecule has 17 heavy (non-hydrogen) atoms. The molecule has 0 radical (unpaired) electrons. The molecule has 1 N–H and O–H groups in total. The van der Waals surface area contributed by atoms with Crippen molar-refractivity contribution in [1.82, 2.24) is 0 Å². The van der Waals surface area contributed by atoms with Gasteiger partial charge in [0, 0.05) is 5.39 Å². The van der Waals surface area contributed by atoms with Crippen molar-refractivity contribution in [3.8, 4) is 0 Å². The summed E-state index contributed by atoms with van der Waals surface area (Å²) in [6.07, 6.45) is 1.18. The molecule has 0 saturated heterocycles. The first-order valence-electron chi connectivity index (χ1n) is 6.07. The number of hydrogen-bond acceptors (Lipinski definition) is 1. The zero-order chi connectivity index (χ0) is 12.0. The van der Waals surface area contributed by atoms with Crippen LogP contribution < -0.4 is 0 Å². The fourth-order valence-electron chi connectivity index (χ4n) is 2.91. The predicted octanol–water partition coefficient (Wildman–Crippen LogP) is 3.91. The Morgan fingerprint density at radius 3 is 2.65 bits per heavy atom. The lowest BCUT2D eigenvalue weighted by molar-refractivity contribution is 0.151. The van der Waals surface area contributed by atoms with E-state index in [1.54, 1.807) is 6.07 Å². The number of benzene rings is 2. The van der Waals surface area contributed by atoms with Crippen molar-refractivity contribution in [2.45, 2.75) is 31.8 Å². The van der Waals surface area contributed by atoms with Crippen LogP contribution in [0, 0.1) is 5.82 Å². The summed E-state index contributed by atoms with van der Waals surface area (Å²) < 4.78 is 14.0. The molecule has 2 atom stereocenters. The number of hydrogen-bond donors (Lipinski definition) is 1. The van der Waals surface area contributed by atoms with Gasteiger partial charge in [0.2, 0.25) is 0 Å². The summed E-state index contributed by atoms with van der Waals surface area (Å²) in [5.41, 5.74) is 1.90. The third kappa shape index (κ3) is 1.55. The van der Waals surface area contributed by atoms with Crippen LogP contribution in [0.1, 0.15) is 42.9 Å². The van der Waals surface area contributed by atoms with Gasteiger partial charge in [-0.15, -0.1) is 0 Å². The Morgan fingerprint density at radius 1 is 1.18 bits per heavy atom. The first-order valence-corrected chi connectivity index (χ1v) is 6.07. The fourth-order valence-corrected chi connectivity index (χ4v) is 2.91. The highest BCUT2D eigenvalue weighted by atomic mass is 19.1. The Bertz CT molecular complexity index is 576. The molecule has 1 aliphatic rings. The topological polar surface area (TPSA) is 20.2 Å². The summed E-state index contributed by atoms with van der Waals surface area (Å²) in [5, 5.41) is 11.6. The molecule has 0 amide bonds. The van der Waals surface area contributed by atoms with Gasteiger partial charge in [0.05, 0.1) is 6.10 Å². The molecule has 0 aromatic heterocycles. The molecule has 2 aromatic rings. The van der Waals surface area contributed by atoms with Gasteiger partial charge in [0.15, 0.2) is 0 Å². The highest BCUT2D eigenvalue weighted by Crippen LogP contribution is 2.41. The van der Waals surface area contributed by atoms with Crippen molar-refractivity contribution in [3.05, 3.63) is 47.3 Å². The van der Waals surface area contributed by atoms with E-state index in [-0.39, 0.29) is 5.82 Å². The second kappa shape index (κ2) is 3.81. The van der Waals surface area contributed by atoms with E-state index in [0.717, 1.165) is 29.4 Å². The predicted molar refractivity (Wildman–Crippen MR) is 66.5 cm³/mol. The Hall–Kier alpha value is -1.41. The van der Waals surface area contributed by atoms with Crippen LogP contribution in [0.3, 0.4) is 0 Å². The summed E-state index contributed by atoms with van der Waals surface area (Å²) in [6, 6.07) is 9.04. The maximum absolute atomic E-state index is 14.0. The summed E-state index contributed by atoms with van der Waals surface area (Å²) in [4.78, 5) is 0. The molecule has 3 rings (SSSR count). The number of aliphatic hydroxyl groups excluding tert-OH is 1. The molecule has 1 aliphatic carbocycles. The van der Waals surface area contributed by atoms with Crippen molar-refractivity contribution in [1.29, 1.82) is 0 Å². The lowest BCUT2D eigenvalue weighted by Crippen LogP contribution is -2.13. The van der Waals surface area contributed by atoms with Crippen LogP contribution in [-0.2, 0) is 0 Å².